The number of hydrogen-bond acceptors (Lipinski definition) is 4. The third-order valence-electron chi connectivity index (χ3n) is 11.0. The van der Waals surface area contributed by atoms with E-state index in [4.69, 9.17) is 15.0 Å². The van der Waals surface area contributed by atoms with Crippen molar-refractivity contribution in [2.45, 2.75) is 0 Å². The molecule has 0 saturated heterocycles. The van der Waals surface area contributed by atoms with Gasteiger partial charge in [-0.2, -0.15) is 0 Å². The quantitative estimate of drug-likeness (QED) is 0.171. The summed E-state index contributed by atoms with van der Waals surface area (Å²) in [5.74, 6) is 1.91. The molecule has 0 N–H and O–H groups in total. The number of aromatic nitrogens is 3. The molecule has 1 aliphatic heterocycles. The van der Waals surface area contributed by atoms with Crippen LogP contribution in [0.3, 0.4) is 0 Å². The van der Waals surface area contributed by atoms with Crippen molar-refractivity contribution in [3.63, 3.8) is 0 Å². The van der Waals surface area contributed by atoms with Crippen LogP contribution in [-0.4, -0.2) is 15.0 Å². The predicted octanol–water partition coefficient (Wildman–Crippen LogP) is 14.0. The minimum Gasteiger partial charge on any atom is -0.309 e. The Hall–Kier alpha value is -7.69. The fourth-order valence-electron chi connectivity index (χ4n) is 8.30. The molecule has 0 bridgehead atoms. The zero-order valence-electron chi connectivity index (χ0n) is 30.9. The second-order valence-electron chi connectivity index (χ2n) is 14.4. The van der Waals surface area contributed by atoms with Crippen molar-refractivity contribution in [1.29, 1.82) is 0 Å². The van der Waals surface area contributed by atoms with Crippen molar-refractivity contribution in [2.24, 2.45) is 0 Å². The number of rotatable bonds is 6. The summed E-state index contributed by atoms with van der Waals surface area (Å²) in [5, 5.41) is 4.74. The summed E-state index contributed by atoms with van der Waals surface area (Å²) in [6.07, 6.45) is 0. The van der Waals surface area contributed by atoms with Crippen molar-refractivity contribution in [3.8, 4) is 67.5 Å². The number of nitrogens with zero attached hydrogens (tertiary/aromatic N) is 4. The second kappa shape index (κ2) is 13.6. The predicted molar refractivity (Wildman–Crippen MR) is 236 cm³/mol. The molecule has 2 heterocycles. The third-order valence-corrected chi connectivity index (χ3v) is 11.0. The Balaban J connectivity index is 1.11. The van der Waals surface area contributed by atoms with Gasteiger partial charge in [-0.05, 0) is 92.5 Å². The molecule has 0 spiro atoms. The minimum atomic E-state index is 0.630. The maximum atomic E-state index is 5.18. The van der Waals surface area contributed by atoms with E-state index in [1.54, 1.807) is 0 Å². The zero-order chi connectivity index (χ0) is 37.7. The van der Waals surface area contributed by atoms with Crippen LogP contribution in [0.4, 0.5) is 17.1 Å². The first kappa shape index (κ1) is 32.7. The van der Waals surface area contributed by atoms with Gasteiger partial charge in [0.1, 0.15) is 0 Å². The lowest BCUT2D eigenvalue weighted by atomic mass is 9.86. The first-order valence-corrected chi connectivity index (χ1v) is 19.3. The van der Waals surface area contributed by atoms with E-state index in [0.29, 0.717) is 17.5 Å². The van der Waals surface area contributed by atoms with Gasteiger partial charge in [-0.25, -0.2) is 15.0 Å². The van der Waals surface area contributed by atoms with Crippen LogP contribution in [-0.2, 0) is 0 Å². The molecule has 0 atom stereocenters. The average Bonchev–Trinajstić information content (AvgIpc) is 3.29. The van der Waals surface area contributed by atoms with E-state index in [1.807, 2.05) is 18.2 Å². The van der Waals surface area contributed by atoms with Gasteiger partial charge < -0.3 is 4.90 Å². The molecule has 9 aromatic carbocycles. The zero-order valence-corrected chi connectivity index (χ0v) is 30.9. The second-order valence-corrected chi connectivity index (χ2v) is 14.4. The monoisotopic (exact) mass is 726 g/mol. The fraction of sp³-hybridized carbons (Fsp3) is 0. The molecule has 0 radical (unpaired) electrons. The van der Waals surface area contributed by atoms with E-state index >= 15 is 0 Å². The number of fused-ring (bicyclic) bond motifs is 3. The summed E-state index contributed by atoms with van der Waals surface area (Å²) in [5.41, 5.74) is 13.3. The Labute approximate surface area is 331 Å². The molecular formula is C53H34N4. The maximum Gasteiger partial charge on any atom is 0.164 e. The van der Waals surface area contributed by atoms with Gasteiger partial charge in [-0.1, -0.05) is 158 Å². The molecule has 11 rings (SSSR count). The lowest BCUT2D eigenvalue weighted by molar-refractivity contribution is 1.07. The van der Waals surface area contributed by atoms with Crippen molar-refractivity contribution in [2.75, 3.05) is 4.90 Å². The van der Waals surface area contributed by atoms with Gasteiger partial charge in [-0.3, -0.25) is 0 Å². The van der Waals surface area contributed by atoms with Crippen LogP contribution in [0.2, 0.25) is 0 Å². The van der Waals surface area contributed by atoms with E-state index < -0.39 is 0 Å². The summed E-state index contributed by atoms with van der Waals surface area (Å²) in [4.78, 5) is 17.7. The van der Waals surface area contributed by atoms with Crippen LogP contribution in [0.5, 0.6) is 0 Å². The number of hydrogen-bond donors (Lipinski definition) is 0. The third kappa shape index (κ3) is 5.74. The molecule has 0 aliphatic carbocycles. The largest absolute Gasteiger partial charge is 0.309 e. The SMILES string of the molecule is c1ccc(-c2cccc(-c3ccc4c5c(cccc35)-c3cc(-c5nc(-c6ccccc6)nc(-c6ccc7ccccc7c6)n5)ccc3N4c3ccccc3)c2)cc1. The highest BCUT2D eigenvalue weighted by molar-refractivity contribution is 6.17. The van der Waals surface area contributed by atoms with Crippen molar-refractivity contribution >= 4 is 38.6 Å². The normalized spacial score (nSPS) is 11.8. The summed E-state index contributed by atoms with van der Waals surface area (Å²) in [7, 11) is 0. The first-order chi connectivity index (χ1) is 28.2. The van der Waals surface area contributed by atoms with Crippen molar-refractivity contribution < 1.29 is 0 Å². The lowest BCUT2D eigenvalue weighted by Gasteiger charge is -2.34. The standard InChI is InChI=1S/C53H34N4/c1-4-14-35(15-5-1)39-20-12-21-40(32-39)44-29-31-49-50-45(44)24-13-25-46(50)47-34-42(28-30-48(47)57(49)43-22-8-3-9-23-43)53-55-51(37-17-6-2-7-18-37)54-52(56-53)41-27-26-36-16-10-11-19-38(36)33-41/h1-34H. The van der Waals surface area contributed by atoms with Gasteiger partial charge >= 0.3 is 0 Å². The summed E-state index contributed by atoms with van der Waals surface area (Å²) in [6, 6.07) is 73.0. The van der Waals surface area contributed by atoms with E-state index in [9.17, 15) is 0 Å². The minimum absolute atomic E-state index is 0.630. The van der Waals surface area contributed by atoms with Crippen molar-refractivity contribution in [1.82, 2.24) is 15.0 Å². The van der Waals surface area contributed by atoms with Crippen LogP contribution in [0.25, 0.3) is 89.1 Å². The first-order valence-electron chi connectivity index (χ1n) is 19.3. The molecule has 4 nitrogen and oxygen atoms in total. The molecule has 0 unspecified atom stereocenters. The highest BCUT2D eigenvalue weighted by Crippen LogP contribution is 2.53. The number of anilines is 3. The summed E-state index contributed by atoms with van der Waals surface area (Å²) in [6.45, 7) is 0. The van der Waals surface area contributed by atoms with Crippen LogP contribution in [0.15, 0.2) is 206 Å². The van der Waals surface area contributed by atoms with Crippen LogP contribution in [0, 0.1) is 0 Å². The van der Waals surface area contributed by atoms with Gasteiger partial charge in [-0.15, -0.1) is 0 Å². The van der Waals surface area contributed by atoms with Crippen LogP contribution in [0.1, 0.15) is 0 Å². The summed E-state index contributed by atoms with van der Waals surface area (Å²) < 4.78 is 0. The smallest absolute Gasteiger partial charge is 0.164 e. The van der Waals surface area contributed by atoms with Gasteiger partial charge in [0.25, 0.3) is 0 Å². The van der Waals surface area contributed by atoms with Gasteiger partial charge in [0.15, 0.2) is 17.5 Å². The molecule has 0 saturated carbocycles. The molecule has 1 aromatic heterocycles. The maximum absolute atomic E-state index is 5.18. The molecule has 266 valence electrons. The van der Waals surface area contributed by atoms with Gasteiger partial charge in [0, 0.05) is 33.3 Å². The molecule has 0 amide bonds. The molecule has 4 heteroatoms. The van der Waals surface area contributed by atoms with E-state index in [1.165, 1.54) is 44.0 Å². The van der Waals surface area contributed by atoms with Crippen molar-refractivity contribution in [3.05, 3.63) is 206 Å². The Morgan fingerprint density at radius 3 is 1.65 bits per heavy atom. The van der Waals surface area contributed by atoms with E-state index in [-0.39, 0.29) is 0 Å². The van der Waals surface area contributed by atoms with E-state index in [2.05, 4.69) is 193 Å². The fourth-order valence-corrected chi connectivity index (χ4v) is 8.30. The highest BCUT2D eigenvalue weighted by atomic mass is 15.2. The Morgan fingerprint density at radius 1 is 0.298 bits per heavy atom. The van der Waals surface area contributed by atoms with Crippen LogP contribution < -0.4 is 4.90 Å². The Morgan fingerprint density at radius 2 is 0.877 bits per heavy atom. The van der Waals surface area contributed by atoms with Gasteiger partial charge in [0.2, 0.25) is 0 Å². The summed E-state index contributed by atoms with van der Waals surface area (Å²) >= 11 is 0. The average molecular weight is 727 g/mol. The number of benzene rings is 9. The molecular weight excluding hydrogens is 693 g/mol. The molecule has 1 aliphatic rings. The van der Waals surface area contributed by atoms with E-state index in [0.717, 1.165) is 44.7 Å². The Bertz CT molecular complexity index is 3120. The topological polar surface area (TPSA) is 41.9 Å². The Kier molecular flexibility index (Phi) is 7.78. The molecule has 0 fully saturated rings. The molecule has 10 aromatic rings. The molecule has 57 heavy (non-hydrogen) atoms. The number of para-hydroxylation sites is 1. The van der Waals surface area contributed by atoms with Crippen LogP contribution >= 0.6 is 0 Å². The lowest BCUT2D eigenvalue weighted by Crippen LogP contribution is -2.15. The van der Waals surface area contributed by atoms with Gasteiger partial charge in [0.05, 0.1) is 11.4 Å². The highest BCUT2D eigenvalue weighted by Gasteiger charge is 2.28.